The predicted octanol–water partition coefficient (Wildman–Crippen LogP) is 13.2. The van der Waals surface area contributed by atoms with E-state index in [0.29, 0.717) is 45.1 Å². The van der Waals surface area contributed by atoms with Crippen LogP contribution < -0.4 is 0 Å². The second-order valence-corrected chi connectivity index (χ2v) is 13.1. The summed E-state index contributed by atoms with van der Waals surface area (Å²) in [6.45, 7) is 0. The van der Waals surface area contributed by atoms with E-state index < -0.39 is 83.6 Å². The zero-order valence-electron chi connectivity index (χ0n) is 41.2. The fourth-order valence-corrected chi connectivity index (χ4v) is 7.18. The molecular formula is C51H32N4O. The van der Waals surface area contributed by atoms with Crippen LogP contribution >= 0.6 is 0 Å². The molecule has 0 saturated carbocycles. The highest BCUT2D eigenvalue weighted by Crippen LogP contribution is 2.40. The maximum Gasteiger partial charge on any atom is 0.166 e. The third kappa shape index (κ3) is 5.37. The number of rotatable bonds is 6. The molecule has 0 aliphatic carbocycles. The monoisotopic (exact) mass is 728 g/mol. The van der Waals surface area contributed by atoms with E-state index in [0.717, 1.165) is 16.3 Å². The van der Waals surface area contributed by atoms with Crippen LogP contribution in [0.3, 0.4) is 0 Å². The number of hydrogen-bond acceptors (Lipinski definition) is 4. The molecule has 0 radical (unpaired) electrons. The van der Waals surface area contributed by atoms with Gasteiger partial charge >= 0.3 is 0 Å². The van der Waals surface area contributed by atoms with E-state index in [1.165, 1.54) is 4.57 Å². The lowest BCUT2D eigenvalue weighted by atomic mass is 9.99. The highest BCUT2D eigenvalue weighted by atomic mass is 16.3. The van der Waals surface area contributed by atoms with Gasteiger partial charge in [-0.25, -0.2) is 15.0 Å². The molecule has 0 spiro atoms. The molecule has 5 nitrogen and oxygen atoms in total. The van der Waals surface area contributed by atoms with Crippen molar-refractivity contribution in [2.24, 2.45) is 0 Å². The van der Waals surface area contributed by atoms with E-state index in [4.69, 9.17) is 29.0 Å². The van der Waals surface area contributed by atoms with Gasteiger partial charge in [-0.3, -0.25) is 0 Å². The summed E-state index contributed by atoms with van der Waals surface area (Å²) in [4.78, 5) is 14.9. The Labute approximate surface area is 339 Å². The SMILES string of the molecule is [2H]c1c([2H])c([2H])c(-c2c([2H])c([2H])c3c(c2[2H])c2c([2H])c([2H])c([2H])c([2H])c2n3-c2cc(-c3ccc4oc5ccccc5c4c3)ccc2-c2nc(-c3ccccc3)nc(-c3ccccc3)n2)c([2H])c1[2H]. The topological polar surface area (TPSA) is 56.7 Å². The molecule has 5 heteroatoms. The Morgan fingerprint density at radius 3 is 1.82 bits per heavy atom. The third-order valence-corrected chi connectivity index (χ3v) is 9.80. The minimum Gasteiger partial charge on any atom is -0.456 e. The maximum absolute atomic E-state index is 9.77. The summed E-state index contributed by atoms with van der Waals surface area (Å²) in [7, 11) is 0. The van der Waals surface area contributed by atoms with Crippen molar-refractivity contribution < 1.29 is 20.9 Å². The van der Waals surface area contributed by atoms with Gasteiger partial charge in [0.25, 0.3) is 0 Å². The van der Waals surface area contributed by atoms with Crippen LogP contribution in [0.4, 0.5) is 0 Å². The molecule has 0 amide bonds. The van der Waals surface area contributed by atoms with Crippen molar-refractivity contribution in [2.75, 3.05) is 0 Å². The van der Waals surface area contributed by atoms with Crippen LogP contribution in [0.25, 0.3) is 106 Å². The smallest absolute Gasteiger partial charge is 0.166 e. The van der Waals surface area contributed by atoms with Gasteiger partial charge in [0.05, 0.1) is 33.2 Å². The van der Waals surface area contributed by atoms with Gasteiger partial charge in [-0.15, -0.1) is 0 Å². The lowest BCUT2D eigenvalue weighted by Gasteiger charge is -2.16. The van der Waals surface area contributed by atoms with E-state index >= 15 is 0 Å². The summed E-state index contributed by atoms with van der Waals surface area (Å²) >= 11 is 0. The van der Waals surface area contributed by atoms with Crippen molar-refractivity contribution >= 4 is 43.7 Å². The van der Waals surface area contributed by atoms with E-state index in [1.54, 1.807) is 12.1 Å². The summed E-state index contributed by atoms with van der Waals surface area (Å²) in [5.41, 5.74) is 3.42. The Morgan fingerprint density at radius 1 is 0.411 bits per heavy atom. The molecule has 8 aromatic carbocycles. The van der Waals surface area contributed by atoms with Crippen LogP contribution in [0.2, 0.25) is 0 Å². The molecule has 11 aromatic rings. The average Bonchev–Trinajstić information content (AvgIpc) is 3.93. The van der Waals surface area contributed by atoms with E-state index in [-0.39, 0.29) is 33.3 Å². The van der Waals surface area contributed by atoms with Crippen molar-refractivity contribution in [2.45, 2.75) is 0 Å². The number of nitrogens with zero attached hydrogens (tertiary/aromatic N) is 4. The Balaban J connectivity index is 1.30. The van der Waals surface area contributed by atoms with Gasteiger partial charge in [0, 0.05) is 38.2 Å². The van der Waals surface area contributed by atoms with Gasteiger partial charge < -0.3 is 8.98 Å². The first-order chi connectivity index (χ1) is 32.7. The first-order valence-electron chi connectivity index (χ1n) is 23.8. The molecule has 0 atom stereocenters. The Hall–Kier alpha value is -7.63. The minimum absolute atomic E-state index is 0.138. The Kier molecular flexibility index (Phi) is 5.10. The van der Waals surface area contributed by atoms with Crippen LogP contribution in [0.5, 0.6) is 0 Å². The fourth-order valence-electron chi connectivity index (χ4n) is 7.18. The second kappa shape index (κ2) is 13.0. The Bertz CT molecular complexity index is 3860. The molecule has 0 unspecified atom stereocenters. The molecule has 0 N–H and O–H groups in total. The minimum atomic E-state index is -0.707. The quantitative estimate of drug-likeness (QED) is 0.171. The summed E-state index contributed by atoms with van der Waals surface area (Å²) < 4.78 is 116. The molecule has 3 heterocycles. The van der Waals surface area contributed by atoms with Crippen molar-refractivity contribution in [3.8, 4) is 62.1 Å². The largest absolute Gasteiger partial charge is 0.456 e. The first kappa shape index (κ1) is 21.9. The summed E-state index contributed by atoms with van der Waals surface area (Å²) in [5.74, 6) is 0.820. The zero-order chi connectivity index (χ0) is 47.4. The highest BCUT2D eigenvalue weighted by molar-refractivity contribution is 6.11. The molecule has 56 heavy (non-hydrogen) atoms. The molecular weight excluding hydrogens is 685 g/mol. The van der Waals surface area contributed by atoms with Crippen LogP contribution in [-0.4, -0.2) is 19.5 Å². The zero-order valence-corrected chi connectivity index (χ0v) is 29.2. The predicted molar refractivity (Wildman–Crippen MR) is 229 cm³/mol. The molecule has 0 fully saturated rings. The summed E-state index contributed by atoms with van der Waals surface area (Å²) in [5, 5.41) is 1.37. The summed E-state index contributed by atoms with van der Waals surface area (Å²) in [6.07, 6.45) is 0. The van der Waals surface area contributed by atoms with Crippen LogP contribution in [0, 0.1) is 0 Å². The third-order valence-electron chi connectivity index (χ3n) is 9.80. The van der Waals surface area contributed by atoms with Crippen molar-refractivity contribution in [3.63, 3.8) is 0 Å². The van der Waals surface area contributed by atoms with E-state index in [2.05, 4.69) is 0 Å². The summed E-state index contributed by atoms with van der Waals surface area (Å²) in [6, 6.07) is 29.9. The van der Waals surface area contributed by atoms with E-state index in [9.17, 15) is 6.85 Å². The average molecular weight is 729 g/mol. The number of para-hydroxylation sites is 2. The van der Waals surface area contributed by atoms with Gasteiger partial charge in [-0.1, -0.05) is 145 Å². The normalized spacial score (nSPS) is 14.6. The molecule has 11 rings (SSSR count). The van der Waals surface area contributed by atoms with Gasteiger partial charge in [-0.2, -0.15) is 0 Å². The first-order valence-corrected chi connectivity index (χ1v) is 17.8. The van der Waals surface area contributed by atoms with Crippen molar-refractivity contribution in [1.82, 2.24) is 19.5 Å². The molecule has 262 valence electrons. The molecule has 0 saturated heterocycles. The number of aromatic nitrogens is 4. The molecule has 3 aromatic heterocycles. The number of furan rings is 1. The Morgan fingerprint density at radius 2 is 1.04 bits per heavy atom. The standard InChI is InChI=1S/C51H32N4O/c1-4-14-33(15-5-1)36-25-28-45-42(30-36)39-20-10-12-22-44(39)55(45)46-32-38(37-26-29-48-43(31-37)40-21-11-13-23-47(40)56-48)24-27-41(46)51-53-49(34-16-6-2-7-17-34)52-50(54-51)35-18-8-3-9-19-35/h1-32H/i1D,4D,5D,10D,12D,14D,15D,20D,22D,25D,28D,30D. The number of benzene rings is 8. The fraction of sp³-hybridized carbons (Fsp3) is 0. The maximum atomic E-state index is 9.77. The van der Waals surface area contributed by atoms with Gasteiger partial charge in [0.15, 0.2) is 17.5 Å². The van der Waals surface area contributed by atoms with Crippen LogP contribution in [0.15, 0.2) is 198 Å². The lowest BCUT2D eigenvalue weighted by molar-refractivity contribution is 0.669. The van der Waals surface area contributed by atoms with Crippen LogP contribution in [0.1, 0.15) is 16.4 Å². The van der Waals surface area contributed by atoms with Gasteiger partial charge in [-0.05, 0) is 70.7 Å². The van der Waals surface area contributed by atoms with E-state index in [1.807, 2.05) is 109 Å². The lowest BCUT2D eigenvalue weighted by Crippen LogP contribution is -2.04. The number of fused-ring (bicyclic) bond motifs is 6. The van der Waals surface area contributed by atoms with Crippen molar-refractivity contribution in [3.05, 3.63) is 194 Å². The molecule has 0 aliphatic rings. The molecule has 0 bridgehead atoms. The highest BCUT2D eigenvalue weighted by Gasteiger charge is 2.21. The van der Waals surface area contributed by atoms with Gasteiger partial charge in [0.2, 0.25) is 0 Å². The van der Waals surface area contributed by atoms with Crippen LogP contribution in [-0.2, 0) is 0 Å². The second-order valence-electron chi connectivity index (χ2n) is 13.1. The number of hydrogen-bond donors (Lipinski definition) is 0. The van der Waals surface area contributed by atoms with Crippen molar-refractivity contribution in [1.29, 1.82) is 0 Å². The molecule has 0 aliphatic heterocycles. The van der Waals surface area contributed by atoms with Gasteiger partial charge in [0.1, 0.15) is 11.2 Å².